The van der Waals surface area contributed by atoms with Crippen LogP contribution in [-0.2, 0) is 11.3 Å². The maximum absolute atomic E-state index is 5.86. The quantitative estimate of drug-likeness (QED) is 0.210. The van der Waals surface area contributed by atoms with E-state index in [0.29, 0.717) is 25.7 Å². The Morgan fingerprint density at radius 2 is 2.04 bits per heavy atom. The molecule has 1 aromatic heterocycles. The summed E-state index contributed by atoms with van der Waals surface area (Å²) in [6, 6.07) is 8.40. The predicted molar refractivity (Wildman–Crippen MR) is 130 cm³/mol. The summed E-state index contributed by atoms with van der Waals surface area (Å²) >= 11 is 1.73. The Hall–Kier alpha value is -1.32. The van der Waals surface area contributed by atoms with Gasteiger partial charge in [0.2, 0.25) is 0 Å². The molecule has 0 bridgehead atoms. The highest BCUT2D eigenvalue weighted by atomic mass is 127. The first-order valence-corrected chi connectivity index (χ1v) is 10.3. The van der Waals surface area contributed by atoms with Crippen LogP contribution in [0.4, 0.5) is 0 Å². The number of methoxy groups -OCH3 is 1. The number of rotatable bonds is 10. The van der Waals surface area contributed by atoms with Crippen LogP contribution in [0, 0.1) is 6.92 Å². The normalized spacial score (nSPS) is 12.2. The van der Waals surface area contributed by atoms with Crippen molar-refractivity contribution in [1.29, 1.82) is 0 Å². The lowest BCUT2D eigenvalue weighted by Crippen LogP contribution is -2.39. The van der Waals surface area contributed by atoms with E-state index in [2.05, 4.69) is 66.4 Å². The number of hydrogen-bond donors (Lipinski definition) is 2. The highest BCUT2D eigenvalue weighted by molar-refractivity contribution is 14.0. The first kappa shape index (κ1) is 24.7. The van der Waals surface area contributed by atoms with Crippen LogP contribution in [0.3, 0.4) is 0 Å². The van der Waals surface area contributed by atoms with Gasteiger partial charge < -0.3 is 20.1 Å². The molecule has 156 valence electrons. The molecule has 2 rings (SSSR count). The number of thiophene rings is 1. The summed E-state index contributed by atoms with van der Waals surface area (Å²) in [6.07, 6.45) is 0. The molecule has 5 nitrogen and oxygen atoms in total. The summed E-state index contributed by atoms with van der Waals surface area (Å²) in [5.74, 6) is 2.13. The third kappa shape index (κ3) is 8.36. The lowest BCUT2D eigenvalue weighted by molar-refractivity contribution is 0.145. The van der Waals surface area contributed by atoms with E-state index in [1.807, 2.05) is 0 Å². The van der Waals surface area contributed by atoms with Gasteiger partial charge in [-0.1, -0.05) is 19.1 Å². The minimum Gasteiger partial charge on any atom is -0.491 e. The van der Waals surface area contributed by atoms with Crippen molar-refractivity contribution >= 4 is 41.3 Å². The van der Waals surface area contributed by atoms with Crippen molar-refractivity contribution in [3.8, 4) is 5.75 Å². The lowest BCUT2D eigenvalue weighted by Gasteiger charge is -2.16. The molecule has 0 aliphatic heterocycles. The highest BCUT2D eigenvalue weighted by Crippen LogP contribution is 2.21. The summed E-state index contributed by atoms with van der Waals surface area (Å²) in [7, 11) is 1.68. The maximum Gasteiger partial charge on any atom is 0.191 e. The third-order valence-corrected chi connectivity index (χ3v) is 4.91. The van der Waals surface area contributed by atoms with Gasteiger partial charge in [0.25, 0.3) is 0 Å². The zero-order valence-electron chi connectivity index (χ0n) is 17.2. The van der Waals surface area contributed by atoms with E-state index in [4.69, 9.17) is 14.5 Å². The van der Waals surface area contributed by atoms with Crippen LogP contribution < -0.4 is 15.4 Å². The van der Waals surface area contributed by atoms with Gasteiger partial charge in [0.1, 0.15) is 12.4 Å². The number of aliphatic imine (C=N–C) groups is 1. The van der Waals surface area contributed by atoms with E-state index in [1.54, 1.807) is 18.4 Å². The van der Waals surface area contributed by atoms with E-state index in [0.717, 1.165) is 30.4 Å². The fourth-order valence-electron chi connectivity index (χ4n) is 2.59. The molecule has 1 aromatic carbocycles. The summed E-state index contributed by atoms with van der Waals surface area (Å²) in [4.78, 5) is 4.74. The Bertz CT molecular complexity index is 708. The number of benzene rings is 1. The summed E-state index contributed by atoms with van der Waals surface area (Å²) < 4.78 is 10.9. The topological polar surface area (TPSA) is 54.9 Å². The molecule has 1 atom stereocenters. The molecule has 28 heavy (non-hydrogen) atoms. The van der Waals surface area contributed by atoms with Gasteiger partial charge >= 0.3 is 0 Å². The summed E-state index contributed by atoms with van der Waals surface area (Å²) in [6.45, 7) is 9.69. The molecular weight excluding hydrogens is 485 g/mol. The number of guanidine groups is 1. The largest absolute Gasteiger partial charge is 0.491 e. The Balaban J connectivity index is 0.00000392. The van der Waals surface area contributed by atoms with Crippen LogP contribution in [0.15, 0.2) is 40.0 Å². The van der Waals surface area contributed by atoms with Crippen LogP contribution in [0.1, 0.15) is 36.5 Å². The molecule has 0 saturated heterocycles. The van der Waals surface area contributed by atoms with Gasteiger partial charge in [0, 0.05) is 25.8 Å². The third-order valence-electron chi connectivity index (χ3n) is 4.21. The molecule has 0 saturated carbocycles. The van der Waals surface area contributed by atoms with E-state index in [1.165, 1.54) is 11.1 Å². The van der Waals surface area contributed by atoms with Gasteiger partial charge in [-0.15, -0.1) is 24.0 Å². The van der Waals surface area contributed by atoms with Gasteiger partial charge in [-0.25, -0.2) is 4.99 Å². The van der Waals surface area contributed by atoms with Gasteiger partial charge in [0.15, 0.2) is 5.96 Å². The van der Waals surface area contributed by atoms with E-state index < -0.39 is 0 Å². The molecule has 0 aliphatic rings. The van der Waals surface area contributed by atoms with Gasteiger partial charge in [-0.3, -0.25) is 0 Å². The van der Waals surface area contributed by atoms with Crippen LogP contribution in [0.5, 0.6) is 5.75 Å². The van der Waals surface area contributed by atoms with Crippen LogP contribution >= 0.6 is 35.3 Å². The predicted octanol–water partition coefficient (Wildman–Crippen LogP) is 4.56. The molecule has 0 amide bonds. The van der Waals surface area contributed by atoms with Crippen molar-refractivity contribution in [1.82, 2.24) is 10.6 Å². The number of nitrogens with zero attached hydrogens (tertiary/aromatic N) is 1. The Morgan fingerprint density at radius 1 is 1.21 bits per heavy atom. The van der Waals surface area contributed by atoms with Crippen molar-refractivity contribution < 1.29 is 9.47 Å². The standard InChI is InChI=1S/C21H31N3O2S.HI/c1-5-22-21(23-13-17(3)19-8-11-27-15-19)24-14-18-7-6-16(2)12-20(18)26-10-9-25-4;/h6-8,11-12,15,17H,5,9-10,13-14H2,1-4H3,(H2,22,23,24);1H. The molecule has 0 spiro atoms. The molecule has 1 unspecified atom stereocenters. The highest BCUT2D eigenvalue weighted by Gasteiger charge is 2.08. The van der Waals surface area contributed by atoms with E-state index in [-0.39, 0.29) is 24.0 Å². The first-order chi connectivity index (χ1) is 13.1. The second kappa shape index (κ2) is 13.8. The summed E-state index contributed by atoms with van der Waals surface area (Å²) in [5, 5.41) is 11.1. The molecule has 0 radical (unpaired) electrons. The number of ether oxygens (including phenoxy) is 2. The Kier molecular flexibility index (Phi) is 12.2. The monoisotopic (exact) mass is 517 g/mol. The van der Waals surface area contributed by atoms with Gasteiger partial charge in [-0.2, -0.15) is 11.3 Å². The molecule has 2 aromatic rings. The first-order valence-electron chi connectivity index (χ1n) is 9.39. The molecule has 1 heterocycles. The van der Waals surface area contributed by atoms with Crippen LogP contribution in [0.25, 0.3) is 0 Å². The van der Waals surface area contributed by atoms with Crippen LogP contribution in [-0.4, -0.2) is 39.4 Å². The second-order valence-corrected chi connectivity index (χ2v) is 7.27. The minimum absolute atomic E-state index is 0. The SMILES string of the molecule is CCNC(=NCc1ccc(C)cc1OCCOC)NCC(C)c1ccsc1.I. The second-order valence-electron chi connectivity index (χ2n) is 6.49. The van der Waals surface area contributed by atoms with Crippen molar-refractivity contribution in [3.63, 3.8) is 0 Å². The molecule has 0 aliphatic carbocycles. The van der Waals surface area contributed by atoms with Crippen molar-refractivity contribution in [2.45, 2.75) is 33.2 Å². The molecular formula is C21H32IN3O2S. The van der Waals surface area contributed by atoms with E-state index >= 15 is 0 Å². The number of nitrogens with one attached hydrogen (secondary N) is 2. The maximum atomic E-state index is 5.86. The van der Waals surface area contributed by atoms with Crippen molar-refractivity contribution in [3.05, 3.63) is 51.7 Å². The number of halogens is 1. The molecule has 2 N–H and O–H groups in total. The van der Waals surface area contributed by atoms with E-state index in [9.17, 15) is 0 Å². The number of hydrogen-bond acceptors (Lipinski definition) is 4. The van der Waals surface area contributed by atoms with Crippen LogP contribution in [0.2, 0.25) is 0 Å². The summed E-state index contributed by atoms with van der Waals surface area (Å²) in [5.41, 5.74) is 3.60. The molecule has 7 heteroatoms. The lowest BCUT2D eigenvalue weighted by atomic mass is 10.1. The zero-order valence-corrected chi connectivity index (χ0v) is 20.3. The fraction of sp³-hybridized carbons (Fsp3) is 0.476. The average Bonchev–Trinajstić information content (AvgIpc) is 3.20. The minimum atomic E-state index is 0. The van der Waals surface area contributed by atoms with Crippen molar-refractivity contribution in [2.75, 3.05) is 33.4 Å². The Labute approximate surface area is 190 Å². The molecule has 0 fully saturated rings. The Morgan fingerprint density at radius 3 is 2.71 bits per heavy atom. The number of aryl methyl sites for hydroxylation is 1. The van der Waals surface area contributed by atoms with Gasteiger partial charge in [0.05, 0.1) is 13.2 Å². The average molecular weight is 517 g/mol. The van der Waals surface area contributed by atoms with Gasteiger partial charge in [-0.05, 0) is 53.8 Å². The van der Waals surface area contributed by atoms with Crippen molar-refractivity contribution in [2.24, 2.45) is 4.99 Å². The smallest absolute Gasteiger partial charge is 0.191 e. The zero-order chi connectivity index (χ0) is 19.5. The fourth-order valence-corrected chi connectivity index (χ4v) is 3.37.